The van der Waals surface area contributed by atoms with E-state index >= 15 is 0 Å². The molecule has 1 aromatic rings. The molecule has 8 heteroatoms. The summed E-state index contributed by atoms with van der Waals surface area (Å²) in [6, 6.07) is 4.62. The van der Waals surface area contributed by atoms with E-state index in [0.717, 1.165) is 26.2 Å². The monoisotopic (exact) mass is 451 g/mol. The van der Waals surface area contributed by atoms with Crippen molar-refractivity contribution in [1.29, 1.82) is 0 Å². The first-order valence-electron chi connectivity index (χ1n) is 11.4. The molecule has 1 amide bonds. The molecule has 0 saturated carbocycles. The molecule has 32 heavy (non-hydrogen) atoms. The highest BCUT2D eigenvalue weighted by Gasteiger charge is 2.43. The zero-order valence-electron chi connectivity index (χ0n) is 20.2. The number of rotatable bonds is 4. The van der Waals surface area contributed by atoms with Crippen molar-refractivity contribution < 1.29 is 23.4 Å². The molecule has 2 fully saturated rings. The Kier molecular flexibility index (Phi) is 7.55. The van der Waals surface area contributed by atoms with Gasteiger partial charge in [0.25, 0.3) is 0 Å². The summed E-state index contributed by atoms with van der Waals surface area (Å²) < 4.78 is 32.5. The summed E-state index contributed by atoms with van der Waals surface area (Å²) in [5.74, 6) is 0.129. The summed E-state index contributed by atoms with van der Waals surface area (Å²) in [6.45, 7) is 16.0. The predicted octanol–water partition coefficient (Wildman–Crippen LogP) is 3.66. The van der Waals surface area contributed by atoms with E-state index in [1.807, 2.05) is 25.7 Å². The van der Waals surface area contributed by atoms with E-state index in [2.05, 4.69) is 26.1 Å². The smallest absolute Gasteiger partial charge is 0.410 e. The molecule has 0 spiro atoms. The number of hydrogen-bond donors (Lipinski definition) is 1. The second-order valence-corrected chi connectivity index (χ2v) is 10.6. The van der Waals surface area contributed by atoms with Gasteiger partial charge in [-0.3, -0.25) is 4.90 Å². The Bertz CT molecular complexity index is 784. The summed E-state index contributed by atoms with van der Waals surface area (Å²) in [4.78, 5) is 16.6. The molecule has 7 nitrogen and oxygen atoms in total. The zero-order valence-corrected chi connectivity index (χ0v) is 20.2. The maximum absolute atomic E-state index is 14.8. The van der Waals surface area contributed by atoms with E-state index in [-0.39, 0.29) is 36.1 Å². The molecule has 3 rings (SSSR count). The third kappa shape index (κ3) is 6.25. The van der Waals surface area contributed by atoms with Gasteiger partial charge in [-0.1, -0.05) is 20.8 Å². The number of hydrogen-bond acceptors (Lipinski definition) is 6. The van der Waals surface area contributed by atoms with E-state index in [1.165, 1.54) is 6.07 Å². The van der Waals surface area contributed by atoms with Crippen LogP contribution in [0.5, 0.6) is 5.75 Å². The first kappa shape index (κ1) is 24.6. The highest BCUT2D eigenvalue weighted by atomic mass is 19.1. The van der Waals surface area contributed by atoms with Crippen LogP contribution in [0.15, 0.2) is 18.2 Å². The van der Waals surface area contributed by atoms with Gasteiger partial charge in [0.2, 0.25) is 0 Å². The van der Waals surface area contributed by atoms with Crippen molar-refractivity contribution in [3.63, 3.8) is 0 Å². The Labute approximate surface area is 191 Å². The van der Waals surface area contributed by atoms with Crippen molar-refractivity contribution in [1.82, 2.24) is 10.2 Å². The first-order valence-corrected chi connectivity index (χ1v) is 11.4. The van der Waals surface area contributed by atoms with Crippen molar-refractivity contribution in [3.05, 3.63) is 24.0 Å². The van der Waals surface area contributed by atoms with Crippen LogP contribution < -0.4 is 15.0 Å². The molecule has 0 bridgehead atoms. The lowest BCUT2D eigenvalue weighted by Gasteiger charge is -2.46. The van der Waals surface area contributed by atoms with E-state index in [9.17, 15) is 9.18 Å². The van der Waals surface area contributed by atoms with Crippen LogP contribution in [0.3, 0.4) is 0 Å². The van der Waals surface area contributed by atoms with Gasteiger partial charge in [0, 0.05) is 38.8 Å². The summed E-state index contributed by atoms with van der Waals surface area (Å²) in [7, 11) is 0. The minimum atomic E-state index is -0.596. The molecule has 180 valence electrons. The van der Waals surface area contributed by atoms with Crippen molar-refractivity contribution in [3.8, 4) is 5.75 Å². The van der Waals surface area contributed by atoms with Crippen LogP contribution >= 0.6 is 0 Å². The Balaban J connectivity index is 1.74. The Morgan fingerprint density at radius 1 is 1.16 bits per heavy atom. The molecule has 2 aliphatic heterocycles. The number of nitrogens with one attached hydrogen (secondary N) is 1. The van der Waals surface area contributed by atoms with Gasteiger partial charge >= 0.3 is 6.09 Å². The van der Waals surface area contributed by atoms with Crippen LogP contribution in [0.1, 0.15) is 41.5 Å². The van der Waals surface area contributed by atoms with Crippen molar-refractivity contribution in [2.75, 3.05) is 50.8 Å². The minimum Gasteiger partial charge on any atom is -0.491 e. The van der Waals surface area contributed by atoms with Gasteiger partial charge in [-0.15, -0.1) is 0 Å². The van der Waals surface area contributed by atoms with Gasteiger partial charge in [0.05, 0.1) is 24.4 Å². The van der Waals surface area contributed by atoms with Crippen LogP contribution in [0.4, 0.5) is 14.9 Å². The standard InChI is InChI=1S/C24H38FN3O4/c1-23(2,3)21-20(28(13-14-30-21)22(29)32-24(4,5)6)16-31-17-7-8-19(18(25)15-17)27-11-9-26-10-12-27/h7-8,15,20-21,26H,9-14,16H2,1-6H3. The molecule has 0 aromatic heterocycles. The number of halogens is 1. The predicted molar refractivity (Wildman–Crippen MR) is 123 cm³/mol. The van der Waals surface area contributed by atoms with Gasteiger partial charge in [0.1, 0.15) is 23.8 Å². The number of piperazine rings is 1. The van der Waals surface area contributed by atoms with Gasteiger partial charge in [-0.25, -0.2) is 9.18 Å². The average Bonchev–Trinajstić information content (AvgIpc) is 2.70. The molecular weight excluding hydrogens is 413 g/mol. The largest absolute Gasteiger partial charge is 0.491 e. The molecule has 2 heterocycles. The minimum absolute atomic E-state index is 0.188. The van der Waals surface area contributed by atoms with Crippen LogP contribution in [-0.2, 0) is 9.47 Å². The van der Waals surface area contributed by atoms with Crippen molar-refractivity contribution >= 4 is 11.8 Å². The molecule has 2 atom stereocenters. The molecule has 2 unspecified atom stereocenters. The van der Waals surface area contributed by atoms with Crippen LogP contribution in [-0.4, -0.2) is 74.7 Å². The SMILES string of the molecule is CC(C)(C)OC(=O)N1CCOC(C(C)(C)C)C1COc1ccc(N2CCNCC2)c(F)c1. The second-order valence-electron chi connectivity index (χ2n) is 10.6. The fraction of sp³-hybridized carbons (Fsp3) is 0.708. The summed E-state index contributed by atoms with van der Waals surface area (Å²) >= 11 is 0. The van der Waals surface area contributed by atoms with E-state index in [4.69, 9.17) is 14.2 Å². The fourth-order valence-electron chi connectivity index (χ4n) is 4.19. The third-order valence-corrected chi connectivity index (χ3v) is 5.66. The molecular formula is C24H38FN3O4. The normalized spacial score (nSPS) is 22.6. The number of morpholine rings is 1. The van der Waals surface area contributed by atoms with Crippen LogP contribution in [0.2, 0.25) is 0 Å². The van der Waals surface area contributed by atoms with Crippen LogP contribution in [0.25, 0.3) is 0 Å². The lowest BCUT2D eigenvalue weighted by molar-refractivity contribution is -0.123. The van der Waals surface area contributed by atoms with Gasteiger partial charge in [-0.2, -0.15) is 0 Å². The highest BCUT2D eigenvalue weighted by molar-refractivity contribution is 5.69. The Hall–Kier alpha value is -2.06. The van der Waals surface area contributed by atoms with Gasteiger partial charge in [0.15, 0.2) is 0 Å². The molecule has 1 aromatic carbocycles. The maximum Gasteiger partial charge on any atom is 0.410 e. The lowest BCUT2D eigenvalue weighted by Crippen LogP contribution is -2.60. The topological polar surface area (TPSA) is 63.3 Å². The highest BCUT2D eigenvalue weighted by Crippen LogP contribution is 2.32. The molecule has 0 radical (unpaired) electrons. The number of anilines is 1. The van der Waals surface area contributed by atoms with Crippen molar-refractivity contribution in [2.24, 2.45) is 5.41 Å². The van der Waals surface area contributed by atoms with E-state index < -0.39 is 5.60 Å². The zero-order chi connectivity index (χ0) is 23.5. The fourth-order valence-corrected chi connectivity index (χ4v) is 4.19. The molecule has 2 saturated heterocycles. The molecule has 0 aliphatic carbocycles. The summed E-state index contributed by atoms with van der Waals surface area (Å²) in [5, 5.41) is 3.27. The number of ether oxygens (including phenoxy) is 3. The maximum atomic E-state index is 14.8. The van der Waals surface area contributed by atoms with Crippen molar-refractivity contribution in [2.45, 2.75) is 59.3 Å². The third-order valence-electron chi connectivity index (χ3n) is 5.66. The van der Waals surface area contributed by atoms with E-state index in [0.29, 0.717) is 24.6 Å². The quantitative estimate of drug-likeness (QED) is 0.754. The number of carbonyl (C=O) groups excluding carboxylic acids is 1. The number of nitrogens with zero attached hydrogens (tertiary/aromatic N) is 2. The summed E-state index contributed by atoms with van der Waals surface area (Å²) in [6.07, 6.45) is -0.627. The second kappa shape index (κ2) is 9.83. The van der Waals surface area contributed by atoms with Gasteiger partial charge < -0.3 is 24.4 Å². The Morgan fingerprint density at radius 3 is 2.44 bits per heavy atom. The van der Waals surface area contributed by atoms with Crippen LogP contribution in [0, 0.1) is 11.2 Å². The number of amides is 1. The average molecular weight is 452 g/mol. The summed E-state index contributed by atoms with van der Waals surface area (Å²) in [5.41, 5.74) is -0.227. The van der Waals surface area contributed by atoms with E-state index in [1.54, 1.807) is 17.0 Å². The first-order chi connectivity index (χ1) is 15.0. The van der Waals surface area contributed by atoms with Gasteiger partial charge in [-0.05, 0) is 38.3 Å². The molecule has 2 aliphatic rings. The number of carbonyl (C=O) groups is 1. The number of benzene rings is 1. The lowest BCUT2D eigenvalue weighted by atomic mass is 9.83. The Morgan fingerprint density at radius 2 is 1.84 bits per heavy atom. The molecule has 1 N–H and O–H groups in total.